The zero-order chi connectivity index (χ0) is 22.1. The fraction of sp³-hybridized carbons (Fsp3) is 0.350. The van der Waals surface area contributed by atoms with Gasteiger partial charge >= 0.3 is 6.18 Å². The Morgan fingerprint density at radius 1 is 1.20 bits per heavy atom. The van der Waals surface area contributed by atoms with Crippen LogP contribution in [0.3, 0.4) is 0 Å². The molecule has 1 atom stereocenters. The molecule has 0 bridgehead atoms. The Balaban J connectivity index is 1.84. The number of carbonyl (C=O) groups is 1. The molecule has 2 aromatic heterocycles. The SMILES string of the molecule is Cc1occc1-c1nnc(SC(C(=O)Nc2ccccc2C(F)(F)F)C(C)C)n1C. The monoisotopic (exact) mass is 438 g/mol. The van der Waals surface area contributed by atoms with Gasteiger partial charge in [0.1, 0.15) is 5.76 Å². The van der Waals surface area contributed by atoms with E-state index in [1.807, 2.05) is 13.8 Å². The van der Waals surface area contributed by atoms with Crippen LogP contribution in [0.5, 0.6) is 0 Å². The first-order valence-electron chi connectivity index (χ1n) is 9.17. The van der Waals surface area contributed by atoms with Crippen LogP contribution in [-0.2, 0) is 18.0 Å². The van der Waals surface area contributed by atoms with Gasteiger partial charge in [0.2, 0.25) is 5.91 Å². The minimum atomic E-state index is -4.56. The number of nitrogens with zero attached hydrogens (tertiary/aromatic N) is 3. The molecule has 6 nitrogen and oxygen atoms in total. The molecule has 1 amide bonds. The molecule has 1 unspecified atom stereocenters. The van der Waals surface area contributed by atoms with Gasteiger partial charge in [-0.05, 0) is 31.0 Å². The van der Waals surface area contributed by atoms with Crippen molar-refractivity contribution < 1.29 is 22.4 Å². The Bertz CT molecular complexity index is 1040. The van der Waals surface area contributed by atoms with Crippen LogP contribution in [0.15, 0.2) is 46.2 Å². The number of para-hydroxylation sites is 1. The summed E-state index contributed by atoms with van der Waals surface area (Å²) in [6.07, 6.45) is -3.01. The van der Waals surface area contributed by atoms with Gasteiger partial charge in [-0.2, -0.15) is 13.2 Å². The van der Waals surface area contributed by atoms with E-state index in [0.717, 1.165) is 23.4 Å². The molecule has 1 N–H and O–H groups in total. The molecule has 0 saturated carbocycles. The topological polar surface area (TPSA) is 72.9 Å². The molecule has 3 rings (SSSR count). The standard InChI is InChI=1S/C20H21F3N4O2S/c1-11(2)16(18(28)24-15-8-6-5-7-14(15)20(21,22)23)30-19-26-25-17(27(19)4)13-9-10-29-12(13)3/h5-11,16H,1-4H3,(H,24,28). The summed E-state index contributed by atoms with van der Waals surface area (Å²) in [5.74, 6) is 0.567. The number of thioether (sulfide) groups is 1. The maximum Gasteiger partial charge on any atom is 0.418 e. The number of furan rings is 1. The van der Waals surface area contributed by atoms with E-state index in [1.165, 1.54) is 18.2 Å². The lowest BCUT2D eigenvalue weighted by molar-refractivity contribution is -0.137. The maximum atomic E-state index is 13.2. The third kappa shape index (κ3) is 4.53. The number of hydrogen-bond acceptors (Lipinski definition) is 5. The van der Waals surface area contributed by atoms with Gasteiger partial charge < -0.3 is 14.3 Å². The molecule has 0 aliphatic heterocycles. The number of rotatable bonds is 6. The van der Waals surface area contributed by atoms with Crippen LogP contribution in [0, 0.1) is 12.8 Å². The first-order valence-corrected chi connectivity index (χ1v) is 10.0. The number of amides is 1. The zero-order valence-electron chi connectivity index (χ0n) is 16.8. The number of aromatic nitrogens is 3. The van der Waals surface area contributed by atoms with Gasteiger partial charge in [-0.1, -0.05) is 37.7 Å². The van der Waals surface area contributed by atoms with Crippen molar-refractivity contribution >= 4 is 23.4 Å². The molecular formula is C20H21F3N4O2S. The number of alkyl halides is 3. The number of carbonyl (C=O) groups excluding carboxylic acids is 1. The van der Waals surface area contributed by atoms with E-state index in [2.05, 4.69) is 15.5 Å². The summed E-state index contributed by atoms with van der Waals surface area (Å²) in [4.78, 5) is 12.9. The molecule has 0 fully saturated rings. The van der Waals surface area contributed by atoms with Crippen molar-refractivity contribution in [3.05, 3.63) is 47.9 Å². The molecule has 0 saturated heterocycles. The molecule has 3 aromatic rings. The zero-order valence-corrected chi connectivity index (χ0v) is 17.6. The summed E-state index contributed by atoms with van der Waals surface area (Å²) < 4.78 is 46.8. The predicted octanol–water partition coefficient (Wildman–Crippen LogP) is 5.16. The summed E-state index contributed by atoms with van der Waals surface area (Å²) >= 11 is 1.15. The van der Waals surface area contributed by atoms with Crippen LogP contribution in [0.4, 0.5) is 18.9 Å². The number of nitrogens with one attached hydrogen (secondary N) is 1. The van der Waals surface area contributed by atoms with Gasteiger partial charge in [0.15, 0.2) is 11.0 Å². The van der Waals surface area contributed by atoms with E-state index in [1.54, 1.807) is 30.9 Å². The molecule has 0 spiro atoms. The Labute approximate surface area is 175 Å². The summed E-state index contributed by atoms with van der Waals surface area (Å²) in [5.41, 5.74) is -0.377. The molecule has 10 heteroatoms. The second-order valence-corrected chi connectivity index (χ2v) is 8.18. The smallest absolute Gasteiger partial charge is 0.418 e. The lowest BCUT2D eigenvalue weighted by Gasteiger charge is -2.21. The number of benzene rings is 1. The average molecular weight is 438 g/mol. The van der Waals surface area contributed by atoms with Crippen molar-refractivity contribution in [3.8, 4) is 11.4 Å². The van der Waals surface area contributed by atoms with Crippen LogP contribution < -0.4 is 5.32 Å². The van der Waals surface area contributed by atoms with Crippen molar-refractivity contribution in [2.24, 2.45) is 13.0 Å². The molecule has 0 aliphatic carbocycles. The number of aryl methyl sites for hydroxylation is 1. The first kappa shape index (κ1) is 21.9. The summed E-state index contributed by atoms with van der Waals surface area (Å²) in [6, 6.07) is 6.69. The number of hydrogen-bond donors (Lipinski definition) is 1. The van der Waals surface area contributed by atoms with E-state index in [9.17, 15) is 18.0 Å². The maximum absolute atomic E-state index is 13.2. The molecular weight excluding hydrogens is 417 g/mol. The predicted molar refractivity (Wildman–Crippen MR) is 108 cm³/mol. The lowest BCUT2D eigenvalue weighted by Crippen LogP contribution is -2.30. The van der Waals surface area contributed by atoms with Gasteiger partial charge in [-0.3, -0.25) is 4.79 Å². The highest BCUT2D eigenvalue weighted by atomic mass is 32.2. The Morgan fingerprint density at radius 3 is 2.50 bits per heavy atom. The van der Waals surface area contributed by atoms with Crippen molar-refractivity contribution in [2.45, 2.75) is 37.4 Å². The van der Waals surface area contributed by atoms with E-state index >= 15 is 0 Å². The molecule has 30 heavy (non-hydrogen) atoms. The normalized spacial score (nSPS) is 12.9. The van der Waals surface area contributed by atoms with Gasteiger partial charge in [0.05, 0.1) is 28.3 Å². The molecule has 0 aliphatic rings. The minimum Gasteiger partial charge on any atom is -0.469 e. The number of anilines is 1. The van der Waals surface area contributed by atoms with E-state index in [4.69, 9.17) is 4.42 Å². The van der Waals surface area contributed by atoms with Crippen molar-refractivity contribution in [1.29, 1.82) is 0 Å². The van der Waals surface area contributed by atoms with E-state index in [-0.39, 0.29) is 11.6 Å². The van der Waals surface area contributed by atoms with E-state index < -0.39 is 22.9 Å². The highest BCUT2D eigenvalue weighted by Gasteiger charge is 2.35. The third-order valence-electron chi connectivity index (χ3n) is 4.52. The quantitative estimate of drug-likeness (QED) is 0.539. The van der Waals surface area contributed by atoms with Crippen LogP contribution >= 0.6 is 11.8 Å². The lowest BCUT2D eigenvalue weighted by atomic mass is 10.1. The van der Waals surface area contributed by atoms with Crippen LogP contribution in [0.25, 0.3) is 11.4 Å². The van der Waals surface area contributed by atoms with Crippen LogP contribution in [0.1, 0.15) is 25.2 Å². The van der Waals surface area contributed by atoms with Crippen LogP contribution in [-0.4, -0.2) is 25.9 Å². The van der Waals surface area contributed by atoms with Gasteiger partial charge in [-0.25, -0.2) is 0 Å². The van der Waals surface area contributed by atoms with Crippen molar-refractivity contribution in [3.63, 3.8) is 0 Å². The fourth-order valence-electron chi connectivity index (χ4n) is 2.92. The average Bonchev–Trinajstić information content (AvgIpc) is 3.24. The van der Waals surface area contributed by atoms with Crippen molar-refractivity contribution in [2.75, 3.05) is 5.32 Å². The summed E-state index contributed by atoms with van der Waals surface area (Å²) in [7, 11) is 1.76. The van der Waals surface area contributed by atoms with E-state index in [0.29, 0.717) is 16.7 Å². The summed E-state index contributed by atoms with van der Waals surface area (Å²) in [5, 5.41) is 10.6. The first-order chi connectivity index (χ1) is 14.1. The second-order valence-electron chi connectivity index (χ2n) is 7.07. The van der Waals surface area contributed by atoms with Gasteiger partial charge in [0.25, 0.3) is 0 Å². The van der Waals surface area contributed by atoms with Gasteiger partial charge in [-0.15, -0.1) is 10.2 Å². The molecule has 0 radical (unpaired) electrons. The Morgan fingerprint density at radius 2 is 1.90 bits per heavy atom. The highest BCUT2D eigenvalue weighted by molar-refractivity contribution is 8.00. The highest BCUT2D eigenvalue weighted by Crippen LogP contribution is 2.36. The molecule has 1 aromatic carbocycles. The van der Waals surface area contributed by atoms with Crippen molar-refractivity contribution in [1.82, 2.24) is 14.8 Å². The second kappa shape index (κ2) is 8.55. The largest absolute Gasteiger partial charge is 0.469 e. The van der Waals surface area contributed by atoms with Crippen LogP contribution in [0.2, 0.25) is 0 Å². The Hall–Kier alpha value is -2.75. The van der Waals surface area contributed by atoms with Gasteiger partial charge in [0, 0.05) is 7.05 Å². The fourth-order valence-corrected chi connectivity index (χ4v) is 3.92. The number of halogens is 3. The third-order valence-corrected chi connectivity index (χ3v) is 6.10. The molecule has 2 heterocycles. The Kier molecular flexibility index (Phi) is 6.25. The minimum absolute atomic E-state index is 0.163. The molecule has 160 valence electrons. The summed E-state index contributed by atoms with van der Waals surface area (Å²) in [6.45, 7) is 5.45.